The quantitative estimate of drug-likeness (QED) is 0.899. The molecule has 4 nitrogen and oxygen atoms in total. The van der Waals surface area contributed by atoms with E-state index in [4.69, 9.17) is 5.11 Å². The van der Waals surface area contributed by atoms with Crippen molar-refractivity contribution in [2.45, 2.75) is 51.5 Å². The number of carboxylic acids is 1. The number of carboxylic acid groups (broad SMARTS) is 1. The molecule has 0 aromatic carbocycles. The molecule has 1 aliphatic heterocycles. The van der Waals surface area contributed by atoms with Gasteiger partial charge >= 0.3 is 5.97 Å². The minimum absolute atomic E-state index is 0.281. The Kier molecular flexibility index (Phi) is 3.64. The van der Waals surface area contributed by atoms with E-state index < -0.39 is 5.97 Å². The van der Waals surface area contributed by atoms with Crippen LogP contribution in [0.2, 0.25) is 0 Å². The van der Waals surface area contributed by atoms with Crippen LogP contribution in [0.1, 0.15) is 54.4 Å². The maximum atomic E-state index is 11.0. The average molecular weight is 274 g/mol. The summed E-state index contributed by atoms with van der Waals surface area (Å²) in [5.74, 6) is 0.894. The van der Waals surface area contributed by atoms with Crippen LogP contribution < -0.4 is 4.90 Å². The maximum absolute atomic E-state index is 11.0. The van der Waals surface area contributed by atoms with E-state index >= 15 is 0 Å². The Balaban J connectivity index is 1.89. The van der Waals surface area contributed by atoms with Crippen LogP contribution in [0, 0.1) is 12.8 Å². The molecule has 1 N–H and O–H groups in total. The summed E-state index contributed by atoms with van der Waals surface area (Å²) in [6.07, 6.45) is 9.33. The smallest absolute Gasteiger partial charge is 0.337 e. The van der Waals surface area contributed by atoms with Gasteiger partial charge in [0.15, 0.2) is 0 Å². The van der Waals surface area contributed by atoms with E-state index in [1.54, 1.807) is 6.07 Å². The molecular weight excluding hydrogens is 252 g/mol. The van der Waals surface area contributed by atoms with Crippen molar-refractivity contribution < 1.29 is 9.90 Å². The molecule has 1 aromatic heterocycles. The molecule has 20 heavy (non-hydrogen) atoms. The summed E-state index contributed by atoms with van der Waals surface area (Å²) in [5, 5.41) is 9.04. The van der Waals surface area contributed by atoms with Crippen molar-refractivity contribution >= 4 is 11.8 Å². The van der Waals surface area contributed by atoms with Crippen LogP contribution in [-0.2, 0) is 0 Å². The first kappa shape index (κ1) is 13.4. The highest BCUT2D eigenvalue weighted by Gasteiger charge is 2.34. The van der Waals surface area contributed by atoms with Crippen LogP contribution >= 0.6 is 0 Å². The number of anilines is 1. The van der Waals surface area contributed by atoms with Gasteiger partial charge in [0, 0.05) is 18.8 Å². The summed E-state index contributed by atoms with van der Waals surface area (Å²) in [6, 6.07) is 2.36. The monoisotopic (exact) mass is 274 g/mol. The zero-order chi connectivity index (χ0) is 14.1. The molecule has 1 saturated carbocycles. The second-order valence-corrected chi connectivity index (χ2v) is 6.12. The highest BCUT2D eigenvalue weighted by Crippen LogP contribution is 2.37. The van der Waals surface area contributed by atoms with Gasteiger partial charge in [-0.05, 0) is 50.2 Å². The van der Waals surface area contributed by atoms with E-state index in [0.717, 1.165) is 23.8 Å². The molecule has 1 aliphatic carbocycles. The van der Waals surface area contributed by atoms with Crippen LogP contribution in [0.5, 0.6) is 0 Å². The topological polar surface area (TPSA) is 53.4 Å². The Morgan fingerprint density at radius 2 is 2.05 bits per heavy atom. The maximum Gasteiger partial charge on any atom is 0.337 e. The van der Waals surface area contributed by atoms with Gasteiger partial charge in [-0.3, -0.25) is 0 Å². The number of nitrogens with zero attached hydrogens (tertiary/aromatic N) is 2. The van der Waals surface area contributed by atoms with E-state index in [1.165, 1.54) is 44.7 Å². The van der Waals surface area contributed by atoms with E-state index in [9.17, 15) is 4.79 Å². The zero-order valence-corrected chi connectivity index (χ0v) is 12.0. The van der Waals surface area contributed by atoms with Crippen LogP contribution in [0.15, 0.2) is 12.3 Å². The van der Waals surface area contributed by atoms with Crippen LogP contribution in [0.4, 0.5) is 5.82 Å². The lowest BCUT2D eigenvalue weighted by molar-refractivity contribution is 0.0696. The summed E-state index contributed by atoms with van der Waals surface area (Å²) < 4.78 is 0. The molecule has 1 saturated heterocycles. The number of pyridine rings is 1. The largest absolute Gasteiger partial charge is 0.478 e. The van der Waals surface area contributed by atoms with Gasteiger partial charge in [0.1, 0.15) is 5.82 Å². The SMILES string of the molecule is Cc1cc(C(=O)O)cnc1N1CCCC2CCCCC21. The molecule has 0 spiro atoms. The Morgan fingerprint density at radius 3 is 2.80 bits per heavy atom. The van der Waals surface area contributed by atoms with Crippen molar-refractivity contribution in [3.8, 4) is 0 Å². The highest BCUT2D eigenvalue weighted by atomic mass is 16.4. The van der Waals surface area contributed by atoms with Crippen molar-refractivity contribution in [3.63, 3.8) is 0 Å². The zero-order valence-electron chi connectivity index (χ0n) is 12.0. The fourth-order valence-electron chi connectivity index (χ4n) is 3.87. The molecule has 0 bridgehead atoms. The predicted octanol–water partition coefficient (Wildman–Crippen LogP) is 3.25. The number of carbonyl (C=O) groups is 1. The molecule has 3 rings (SSSR count). The molecule has 2 unspecified atom stereocenters. The van der Waals surface area contributed by atoms with Gasteiger partial charge in [0.25, 0.3) is 0 Å². The molecule has 4 heteroatoms. The van der Waals surface area contributed by atoms with Crippen molar-refractivity contribution in [2.75, 3.05) is 11.4 Å². The van der Waals surface area contributed by atoms with Crippen molar-refractivity contribution in [1.82, 2.24) is 4.98 Å². The number of piperidine rings is 1. The summed E-state index contributed by atoms with van der Waals surface area (Å²) in [4.78, 5) is 17.9. The van der Waals surface area contributed by atoms with Gasteiger partial charge < -0.3 is 10.0 Å². The minimum Gasteiger partial charge on any atom is -0.478 e. The third kappa shape index (κ3) is 2.39. The predicted molar refractivity (Wildman–Crippen MR) is 78.3 cm³/mol. The number of aryl methyl sites for hydroxylation is 1. The van der Waals surface area contributed by atoms with E-state index in [-0.39, 0.29) is 5.56 Å². The average Bonchev–Trinajstić information content (AvgIpc) is 2.46. The Morgan fingerprint density at radius 1 is 1.30 bits per heavy atom. The molecule has 2 fully saturated rings. The van der Waals surface area contributed by atoms with Crippen LogP contribution in [-0.4, -0.2) is 28.6 Å². The molecule has 2 atom stereocenters. The lowest BCUT2D eigenvalue weighted by atomic mass is 9.78. The summed E-state index contributed by atoms with van der Waals surface area (Å²) in [5.41, 5.74) is 1.26. The van der Waals surface area contributed by atoms with Crippen molar-refractivity contribution in [3.05, 3.63) is 23.4 Å². The number of fused-ring (bicyclic) bond motifs is 1. The van der Waals surface area contributed by atoms with E-state index in [2.05, 4.69) is 9.88 Å². The molecule has 2 aliphatic rings. The highest BCUT2D eigenvalue weighted by molar-refractivity contribution is 5.87. The molecule has 0 amide bonds. The van der Waals surface area contributed by atoms with Gasteiger partial charge in [-0.1, -0.05) is 12.8 Å². The summed E-state index contributed by atoms with van der Waals surface area (Å²) in [6.45, 7) is 3.03. The summed E-state index contributed by atoms with van der Waals surface area (Å²) >= 11 is 0. The lowest BCUT2D eigenvalue weighted by Crippen LogP contribution is -2.47. The Bertz CT molecular complexity index is 513. The number of rotatable bonds is 2. The van der Waals surface area contributed by atoms with E-state index in [0.29, 0.717) is 6.04 Å². The third-order valence-corrected chi connectivity index (χ3v) is 4.81. The number of aromatic carboxylic acids is 1. The van der Waals surface area contributed by atoms with Crippen molar-refractivity contribution in [1.29, 1.82) is 0 Å². The number of aromatic nitrogens is 1. The van der Waals surface area contributed by atoms with E-state index in [1.807, 2.05) is 6.92 Å². The molecule has 108 valence electrons. The van der Waals surface area contributed by atoms with Crippen molar-refractivity contribution in [2.24, 2.45) is 5.92 Å². The Labute approximate surface area is 119 Å². The molecule has 1 aromatic rings. The van der Waals surface area contributed by atoms with Gasteiger partial charge in [-0.25, -0.2) is 9.78 Å². The van der Waals surface area contributed by atoms with Crippen LogP contribution in [0.25, 0.3) is 0 Å². The lowest BCUT2D eigenvalue weighted by Gasteiger charge is -2.45. The number of hydrogen-bond acceptors (Lipinski definition) is 3. The molecule has 0 radical (unpaired) electrons. The first-order valence-electron chi connectivity index (χ1n) is 7.63. The molecular formula is C16H22N2O2. The third-order valence-electron chi connectivity index (χ3n) is 4.81. The second-order valence-electron chi connectivity index (χ2n) is 6.12. The fourth-order valence-corrected chi connectivity index (χ4v) is 3.87. The fraction of sp³-hybridized carbons (Fsp3) is 0.625. The second kappa shape index (κ2) is 5.43. The van der Waals surface area contributed by atoms with Gasteiger partial charge in [0.2, 0.25) is 0 Å². The van der Waals surface area contributed by atoms with Crippen LogP contribution in [0.3, 0.4) is 0 Å². The van der Waals surface area contributed by atoms with Gasteiger partial charge in [-0.2, -0.15) is 0 Å². The standard InChI is InChI=1S/C16H22N2O2/c1-11-9-13(16(19)20)10-17-15(11)18-8-4-6-12-5-2-3-7-14(12)18/h9-10,12,14H,2-8H2,1H3,(H,19,20). The first-order valence-corrected chi connectivity index (χ1v) is 7.63. The molecule has 2 heterocycles. The van der Waals surface area contributed by atoms with Gasteiger partial charge in [0.05, 0.1) is 5.56 Å². The first-order chi connectivity index (χ1) is 9.66. The van der Waals surface area contributed by atoms with Gasteiger partial charge in [-0.15, -0.1) is 0 Å². The Hall–Kier alpha value is -1.58. The minimum atomic E-state index is -0.902. The summed E-state index contributed by atoms with van der Waals surface area (Å²) in [7, 11) is 0. The number of hydrogen-bond donors (Lipinski definition) is 1. The normalized spacial score (nSPS) is 26.1.